The average molecular weight is 477 g/mol. The van der Waals surface area contributed by atoms with E-state index in [2.05, 4.69) is 34.9 Å². The van der Waals surface area contributed by atoms with Crippen molar-refractivity contribution < 1.29 is 24.2 Å². The van der Waals surface area contributed by atoms with Gasteiger partial charge in [0, 0.05) is 12.5 Å². The van der Waals surface area contributed by atoms with Crippen molar-refractivity contribution in [2.75, 3.05) is 13.2 Å². The van der Waals surface area contributed by atoms with Gasteiger partial charge >= 0.3 is 12.1 Å². The summed E-state index contributed by atoms with van der Waals surface area (Å²) in [4.78, 5) is 37.5. The molecule has 5 rings (SSSR count). The number of carboxylic acid groups (broad SMARTS) is 1. The van der Waals surface area contributed by atoms with Crippen LogP contribution in [0, 0.1) is 11.3 Å². The lowest BCUT2D eigenvalue weighted by Gasteiger charge is -2.59. The number of carbonyl (C=O) groups is 3. The topological polar surface area (TPSA) is 105 Å². The molecule has 1 unspecified atom stereocenters. The third-order valence-electron chi connectivity index (χ3n) is 8.24. The zero-order chi connectivity index (χ0) is 24.6. The Bertz CT molecular complexity index is 1100. The van der Waals surface area contributed by atoms with Crippen molar-refractivity contribution in [3.05, 3.63) is 59.7 Å². The Balaban J connectivity index is 1.26. The summed E-state index contributed by atoms with van der Waals surface area (Å²) in [7, 11) is 0. The lowest BCUT2D eigenvalue weighted by atomic mass is 9.48. The second-order valence-electron chi connectivity index (χ2n) is 10.4. The van der Waals surface area contributed by atoms with Gasteiger partial charge in [-0.2, -0.15) is 0 Å². The molecule has 3 aliphatic carbocycles. The second-order valence-corrected chi connectivity index (χ2v) is 10.4. The summed E-state index contributed by atoms with van der Waals surface area (Å²) in [6.45, 7) is 2.01. The van der Waals surface area contributed by atoms with Crippen LogP contribution in [0.3, 0.4) is 0 Å². The predicted octanol–water partition coefficient (Wildman–Crippen LogP) is 4.46. The molecule has 0 bridgehead atoms. The Hall–Kier alpha value is -3.35. The molecule has 2 amide bonds. The first kappa shape index (κ1) is 23.4. The highest BCUT2D eigenvalue weighted by molar-refractivity contribution is 5.92. The van der Waals surface area contributed by atoms with Crippen molar-refractivity contribution >= 4 is 18.0 Å². The molecule has 0 aromatic heterocycles. The molecule has 2 fully saturated rings. The van der Waals surface area contributed by atoms with E-state index >= 15 is 0 Å². The first-order valence-corrected chi connectivity index (χ1v) is 12.5. The van der Waals surface area contributed by atoms with Crippen LogP contribution in [0.1, 0.15) is 62.5 Å². The summed E-state index contributed by atoms with van der Waals surface area (Å²) >= 11 is 0. The monoisotopic (exact) mass is 476 g/mol. The van der Waals surface area contributed by atoms with Crippen LogP contribution in [0.2, 0.25) is 0 Å². The van der Waals surface area contributed by atoms with E-state index in [9.17, 15) is 19.5 Å². The normalized spacial score (nSPS) is 19.5. The fourth-order valence-electron chi connectivity index (χ4n) is 6.19. The van der Waals surface area contributed by atoms with Crippen LogP contribution < -0.4 is 10.6 Å². The molecule has 2 aromatic carbocycles. The van der Waals surface area contributed by atoms with Crippen LogP contribution in [0.4, 0.5) is 4.79 Å². The van der Waals surface area contributed by atoms with E-state index in [-0.39, 0.29) is 30.4 Å². The van der Waals surface area contributed by atoms with E-state index in [1.165, 1.54) is 0 Å². The van der Waals surface area contributed by atoms with Crippen LogP contribution in [-0.4, -0.2) is 41.8 Å². The fraction of sp³-hybridized carbons (Fsp3) is 0.464. The highest BCUT2D eigenvalue weighted by Crippen LogP contribution is 2.60. The van der Waals surface area contributed by atoms with Crippen molar-refractivity contribution in [3.8, 4) is 11.1 Å². The van der Waals surface area contributed by atoms with E-state index in [1.807, 2.05) is 24.3 Å². The number of benzene rings is 2. The third-order valence-corrected chi connectivity index (χ3v) is 8.24. The maximum atomic E-state index is 13.2. The molecule has 0 saturated heterocycles. The van der Waals surface area contributed by atoms with Crippen molar-refractivity contribution in [2.45, 2.75) is 56.9 Å². The summed E-state index contributed by atoms with van der Waals surface area (Å²) in [6.07, 6.45) is 4.20. The van der Waals surface area contributed by atoms with Crippen LogP contribution in [0.5, 0.6) is 0 Å². The van der Waals surface area contributed by atoms with Crippen LogP contribution >= 0.6 is 0 Å². The van der Waals surface area contributed by atoms with E-state index in [0.717, 1.165) is 41.5 Å². The van der Waals surface area contributed by atoms with Crippen molar-refractivity contribution in [1.82, 2.24) is 10.6 Å². The first-order valence-electron chi connectivity index (χ1n) is 12.5. The smallest absolute Gasteiger partial charge is 0.408 e. The molecule has 184 valence electrons. The minimum atomic E-state index is -1.04. The van der Waals surface area contributed by atoms with E-state index in [1.54, 1.807) is 6.92 Å². The molecule has 1 atom stereocenters. The van der Waals surface area contributed by atoms with Gasteiger partial charge in [-0.25, -0.2) is 4.79 Å². The molecule has 2 aromatic rings. The van der Waals surface area contributed by atoms with Gasteiger partial charge in [-0.3, -0.25) is 9.59 Å². The van der Waals surface area contributed by atoms with Crippen molar-refractivity contribution in [2.24, 2.45) is 11.3 Å². The van der Waals surface area contributed by atoms with Crippen molar-refractivity contribution in [1.29, 1.82) is 0 Å². The van der Waals surface area contributed by atoms with Gasteiger partial charge < -0.3 is 20.5 Å². The number of carboxylic acids is 1. The van der Waals surface area contributed by atoms with Gasteiger partial charge in [0.2, 0.25) is 5.91 Å². The SMILES string of the molecule is CCC(CNC(=O)C1(NC(=O)OCC2c3ccccc3-c3ccccc32)CC2(CCC2)C1)C(=O)O. The number of alkyl carbamates (subject to hydrolysis) is 1. The molecule has 2 saturated carbocycles. The number of hydrogen-bond donors (Lipinski definition) is 3. The second kappa shape index (κ2) is 9.02. The zero-order valence-electron chi connectivity index (χ0n) is 20.0. The Morgan fingerprint density at radius 1 is 1.03 bits per heavy atom. The van der Waals surface area contributed by atoms with Gasteiger partial charge in [-0.05, 0) is 59.8 Å². The minimum absolute atomic E-state index is 0.0474. The highest BCUT2D eigenvalue weighted by atomic mass is 16.5. The number of aliphatic carboxylic acids is 1. The van der Waals surface area contributed by atoms with Crippen molar-refractivity contribution in [3.63, 3.8) is 0 Å². The van der Waals surface area contributed by atoms with Crippen LogP contribution in [0.15, 0.2) is 48.5 Å². The lowest BCUT2D eigenvalue weighted by molar-refractivity contribution is -0.146. The minimum Gasteiger partial charge on any atom is -0.481 e. The largest absolute Gasteiger partial charge is 0.481 e. The molecular formula is C28H32N2O5. The number of fused-ring (bicyclic) bond motifs is 3. The van der Waals surface area contributed by atoms with Gasteiger partial charge in [0.15, 0.2) is 0 Å². The maximum absolute atomic E-state index is 13.2. The first-order chi connectivity index (χ1) is 16.9. The number of amides is 2. The van der Waals surface area contributed by atoms with Crippen LogP contribution in [-0.2, 0) is 14.3 Å². The van der Waals surface area contributed by atoms with Gasteiger partial charge in [0.05, 0.1) is 5.92 Å². The molecule has 7 nitrogen and oxygen atoms in total. The Morgan fingerprint density at radius 2 is 1.63 bits per heavy atom. The molecule has 0 aliphatic heterocycles. The molecule has 35 heavy (non-hydrogen) atoms. The van der Waals surface area contributed by atoms with Crippen LogP contribution in [0.25, 0.3) is 11.1 Å². The molecule has 7 heteroatoms. The zero-order valence-corrected chi connectivity index (χ0v) is 20.0. The fourth-order valence-corrected chi connectivity index (χ4v) is 6.19. The predicted molar refractivity (Wildman–Crippen MR) is 131 cm³/mol. The molecule has 1 spiro atoms. The summed E-state index contributed by atoms with van der Waals surface area (Å²) < 4.78 is 5.70. The van der Waals surface area contributed by atoms with E-state index in [4.69, 9.17) is 4.74 Å². The Labute approximate surface area is 205 Å². The number of rotatable bonds is 8. The van der Waals surface area contributed by atoms with E-state index in [0.29, 0.717) is 19.3 Å². The summed E-state index contributed by atoms with van der Waals surface area (Å²) in [5.41, 5.74) is 3.64. The molecule has 0 heterocycles. The van der Waals surface area contributed by atoms with E-state index < -0.39 is 23.5 Å². The third kappa shape index (κ3) is 4.17. The van der Waals surface area contributed by atoms with Gasteiger partial charge in [0.1, 0.15) is 12.1 Å². The molecule has 0 radical (unpaired) electrons. The quantitative estimate of drug-likeness (QED) is 0.522. The lowest BCUT2D eigenvalue weighted by Crippen LogP contribution is -2.70. The van der Waals surface area contributed by atoms with Gasteiger partial charge in [-0.15, -0.1) is 0 Å². The average Bonchev–Trinajstić information content (AvgIpc) is 3.12. The number of nitrogens with one attached hydrogen (secondary N) is 2. The number of carbonyl (C=O) groups excluding carboxylic acids is 2. The number of hydrogen-bond acceptors (Lipinski definition) is 4. The van der Waals surface area contributed by atoms with Gasteiger partial charge in [0.25, 0.3) is 0 Å². The standard InChI is InChI=1S/C28H32N2O5/c1-2-18(24(31)32)14-29-25(33)28(16-27(17-28)12-7-13-27)30-26(34)35-15-23-21-10-5-3-8-19(21)20-9-4-6-11-22(20)23/h3-6,8-11,18,23H,2,7,12-17H2,1H3,(H,29,33)(H,30,34)(H,31,32). The molecular weight excluding hydrogens is 444 g/mol. The molecule has 3 N–H and O–H groups in total. The maximum Gasteiger partial charge on any atom is 0.408 e. The summed E-state index contributed by atoms with van der Waals surface area (Å²) in [5, 5.41) is 15.0. The van der Waals surface area contributed by atoms with Gasteiger partial charge in [-0.1, -0.05) is 61.9 Å². The Kier molecular flexibility index (Phi) is 6.03. The Morgan fingerprint density at radius 3 is 2.14 bits per heavy atom. The summed E-state index contributed by atoms with van der Waals surface area (Å²) in [6, 6.07) is 16.3. The highest BCUT2D eigenvalue weighted by Gasteiger charge is 2.61. The number of ether oxygens (including phenoxy) is 1. The molecule has 3 aliphatic rings. The summed E-state index contributed by atoms with van der Waals surface area (Å²) in [5.74, 6) is -1.96.